The number of thiocarbonyl (C=S) groups is 1. The predicted molar refractivity (Wildman–Crippen MR) is 160 cm³/mol. The van der Waals surface area contributed by atoms with Gasteiger partial charge in [0.05, 0.1) is 17.8 Å². The maximum Gasteiger partial charge on any atom is 0.250 e. The Balaban J connectivity index is 1.60. The first-order valence-corrected chi connectivity index (χ1v) is 13.5. The Labute approximate surface area is 234 Å². The first kappa shape index (κ1) is 26.6. The van der Waals surface area contributed by atoms with Crippen LogP contribution in [0.2, 0.25) is 0 Å². The Kier molecular flexibility index (Phi) is 7.77. The lowest BCUT2D eigenvalue weighted by Gasteiger charge is -2.28. The summed E-state index contributed by atoms with van der Waals surface area (Å²) in [6, 6.07) is 24.3. The SMILES string of the molecule is CCc1ccccc1-n1c(C)cc([C@@H]2[C@@H](c3ccccn3)NC(=S)N2c2ccc(NC(=O)COC)cc2)c1C. The maximum absolute atomic E-state index is 12.0. The van der Waals surface area contributed by atoms with E-state index in [1.54, 1.807) is 0 Å². The molecule has 2 N–H and O–H groups in total. The zero-order valence-corrected chi connectivity index (χ0v) is 23.5. The highest BCUT2D eigenvalue weighted by molar-refractivity contribution is 7.80. The van der Waals surface area contributed by atoms with Gasteiger partial charge < -0.3 is 24.8 Å². The number of nitrogens with one attached hydrogen (secondary N) is 2. The molecule has 1 aliphatic heterocycles. The zero-order chi connectivity index (χ0) is 27.5. The molecule has 7 nitrogen and oxygen atoms in total. The zero-order valence-electron chi connectivity index (χ0n) is 22.6. The lowest BCUT2D eigenvalue weighted by Crippen LogP contribution is -2.29. The molecule has 0 bridgehead atoms. The molecule has 2 aromatic heterocycles. The summed E-state index contributed by atoms with van der Waals surface area (Å²) in [6.45, 7) is 6.53. The van der Waals surface area contributed by atoms with Gasteiger partial charge in [-0.3, -0.25) is 9.78 Å². The van der Waals surface area contributed by atoms with Crippen molar-refractivity contribution in [3.63, 3.8) is 0 Å². The largest absolute Gasteiger partial charge is 0.375 e. The van der Waals surface area contributed by atoms with Crippen molar-refractivity contribution >= 4 is 34.6 Å². The number of hydrogen-bond donors (Lipinski definition) is 2. The van der Waals surface area contributed by atoms with E-state index in [9.17, 15) is 4.79 Å². The van der Waals surface area contributed by atoms with Crippen LogP contribution in [0, 0.1) is 13.8 Å². The van der Waals surface area contributed by atoms with Gasteiger partial charge in [-0.25, -0.2) is 0 Å². The number of ether oxygens (including phenoxy) is 1. The Morgan fingerprint density at radius 1 is 1.08 bits per heavy atom. The van der Waals surface area contributed by atoms with Crippen molar-refractivity contribution in [3.05, 3.63) is 107 Å². The Bertz CT molecular complexity index is 1480. The summed E-state index contributed by atoms with van der Waals surface area (Å²) in [5.74, 6) is -0.198. The number of nitrogens with zero attached hydrogens (tertiary/aromatic N) is 3. The van der Waals surface area contributed by atoms with Crippen molar-refractivity contribution in [1.29, 1.82) is 0 Å². The highest BCUT2D eigenvalue weighted by Gasteiger charge is 2.42. The van der Waals surface area contributed by atoms with Gasteiger partial charge in [-0.05, 0) is 92.1 Å². The van der Waals surface area contributed by atoms with E-state index in [-0.39, 0.29) is 24.6 Å². The van der Waals surface area contributed by atoms with Crippen molar-refractivity contribution < 1.29 is 9.53 Å². The van der Waals surface area contributed by atoms with Crippen molar-refractivity contribution in [2.75, 3.05) is 23.9 Å². The summed E-state index contributed by atoms with van der Waals surface area (Å²) in [4.78, 5) is 18.8. The number of rotatable bonds is 8. The van der Waals surface area contributed by atoms with Gasteiger partial charge in [0.2, 0.25) is 5.91 Å². The molecule has 2 aromatic carbocycles. The van der Waals surface area contributed by atoms with E-state index in [2.05, 4.69) is 71.2 Å². The highest BCUT2D eigenvalue weighted by Crippen LogP contribution is 2.44. The molecule has 0 radical (unpaired) electrons. The standard InChI is InChI=1S/C31H33N5O2S/c1-5-22-10-6-7-12-27(22)35-20(2)18-25(21(35)3)30-29(26-11-8-9-17-32-26)34-31(39)36(30)24-15-13-23(14-16-24)33-28(37)19-38-4/h6-18,29-30H,5,19H2,1-4H3,(H,33,37)(H,34,39)/t29-,30-/m1/s1. The van der Waals surface area contributed by atoms with Crippen LogP contribution in [0.4, 0.5) is 11.4 Å². The van der Waals surface area contributed by atoms with Crippen LogP contribution >= 0.6 is 12.2 Å². The number of amides is 1. The Morgan fingerprint density at radius 2 is 1.82 bits per heavy atom. The van der Waals surface area contributed by atoms with Gasteiger partial charge in [0, 0.05) is 41.8 Å². The molecule has 0 spiro atoms. The molecule has 200 valence electrons. The number of pyridine rings is 1. The van der Waals surface area contributed by atoms with E-state index in [0.29, 0.717) is 10.8 Å². The molecule has 5 rings (SSSR count). The second-order valence-corrected chi connectivity index (χ2v) is 10.1. The monoisotopic (exact) mass is 539 g/mol. The molecule has 1 fully saturated rings. The second-order valence-electron chi connectivity index (χ2n) is 9.67. The molecule has 4 aromatic rings. The van der Waals surface area contributed by atoms with Crippen LogP contribution in [0.15, 0.2) is 79.0 Å². The Hall–Kier alpha value is -4.01. The third kappa shape index (κ3) is 5.17. The average molecular weight is 540 g/mol. The third-order valence-corrected chi connectivity index (χ3v) is 7.52. The fraction of sp³-hybridized carbons (Fsp3) is 0.258. The minimum Gasteiger partial charge on any atom is -0.375 e. The van der Waals surface area contributed by atoms with Crippen LogP contribution in [0.3, 0.4) is 0 Å². The molecule has 3 heterocycles. The number of aromatic nitrogens is 2. The van der Waals surface area contributed by atoms with Gasteiger partial charge in [-0.2, -0.15) is 0 Å². The molecule has 0 saturated carbocycles. The predicted octanol–water partition coefficient (Wildman–Crippen LogP) is 5.81. The normalized spacial score (nSPS) is 16.8. The van der Waals surface area contributed by atoms with Crippen molar-refractivity contribution in [2.24, 2.45) is 0 Å². The number of carbonyl (C=O) groups is 1. The van der Waals surface area contributed by atoms with Crippen LogP contribution in [-0.2, 0) is 16.0 Å². The van der Waals surface area contributed by atoms with Gasteiger partial charge >= 0.3 is 0 Å². The number of methoxy groups -OCH3 is 1. The van der Waals surface area contributed by atoms with E-state index in [0.717, 1.165) is 23.5 Å². The molecule has 1 amide bonds. The number of benzene rings is 2. The third-order valence-electron chi connectivity index (χ3n) is 7.21. The molecule has 8 heteroatoms. The maximum atomic E-state index is 12.0. The summed E-state index contributed by atoms with van der Waals surface area (Å²) in [6.07, 6.45) is 2.77. The van der Waals surface area contributed by atoms with Crippen LogP contribution in [-0.4, -0.2) is 34.3 Å². The van der Waals surface area contributed by atoms with E-state index in [1.807, 2.05) is 48.7 Å². The smallest absolute Gasteiger partial charge is 0.250 e. The Morgan fingerprint density at radius 3 is 2.51 bits per heavy atom. The van der Waals surface area contributed by atoms with Gasteiger partial charge in [0.1, 0.15) is 6.61 Å². The fourth-order valence-corrected chi connectivity index (χ4v) is 5.81. The van der Waals surface area contributed by atoms with Gasteiger partial charge in [-0.1, -0.05) is 31.2 Å². The van der Waals surface area contributed by atoms with Gasteiger partial charge in [0.25, 0.3) is 0 Å². The summed E-state index contributed by atoms with van der Waals surface area (Å²) >= 11 is 5.92. The number of carbonyl (C=O) groups excluding carboxylic acids is 1. The lowest BCUT2D eigenvalue weighted by atomic mass is 9.96. The highest BCUT2D eigenvalue weighted by atomic mass is 32.1. The molecule has 39 heavy (non-hydrogen) atoms. The molecule has 2 atom stereocenters. The summed E-state index contributed by atoms with van der Waals surface area (Å²) < 4.78 is 7.27. The molecular weight excluding hydrogens is 506 g/mol. The molecular formula is C31H33N5O2S. The van der Waals surface area contributed by atoms with Crippen molar-refractivity contribution in [2.45, 2.75) is 39.3 Å². The topological polar surface area (TPSA) is 71.4 Å². The second kappa shape index (κ2) is 11.4. The van der Waals surface area contributed by atoms with Crippen molar-refractivity contribution in [3.8, 4) is 5.69 Å². The van der Waals surface area contributed by atoms with Crippen LogP contribution in [0.25, 0.3) is 5.69 Å². The molecule has 1 saturated heterocycles. The number of hydrogen-bond acceptors (Lipinski definition) is 4. The van der Waals surface area contributed by atoms with Crippen LogP contribution < -0.4 is 15.5 Å². The molecule has 0 unspecified atom stereocenters. The summed E-state index contributed by atoms with van der Waals surface area (Å²) in [5, 5.41) is 7.03. The van der Waals surface area contributed by atoms with Gasteiger partial charge in [-0.15, -0.1) is 0 Å². The van der Waals surface area contributed by atoms with Crippen LogP contribution in [0.5, 0.6) is 0 Å². The first-order valence-electron chi connectivity index (χ1n) is 13.1. The van der Waals surface area contributed by atoms with E-state index < -0.39 is 0 Å². The van der Waals surface area contributed by atoms with E-state index >= 15 is 0 Å². The molecule has 1 aliphatic rings. The quantitative estimate of drug-likeness (QED) is 0.275. The summed E-state index contributed by atoms with van der Waals surface area (Å²) in [5.41, 5.74) is 8.57. The molecule has 0 aliphatic carbocycles. The van der Waals surface area contributed by atoms with E-state index in [1.165, 1.54) is 29.6 Å². The average Bonchev–Trinajstić information content (AvgIpc) is 3.44. The minimum atomic E-state index is -0.198. The number of para-hydroxylation sites is 1. The minimum absolute atomic E-state index is 0.00644. The lowest BCUT2D eigenvalue weighted by molar-refractivity contribution is -0.119. The van der Waals surface area contributed by atoms with Gasteiger partial charge in [0.15, 0.2) is 5.11 Å². The summed E-state index contributed by atoms with van der Waals surface area (Å²) in [7, 11) is 1.50. The number of aryl methyl sites for hydroxylation is 2. The van der Waals surface area contributed by atoms with Crippen LogP contribution in [0.1, 0.15) is 47.2 Å². The van der Waals surface area contributed by atoms with E-state index in [4.69, 9.17) is 21.9 Å². The number of anilines is 2. The first-order chi connectivity index (χ1) is 18.9. The fourth-order valence-electron chi connectivity index (χ4n) is 5.47. The van der Waals surface area contributed by atoms with Crippen molar-refractivity contribution in [1.82, 2.24) is 14.9 Å².